The van der Waals surface area contributed by atoms with Gasteiger partial charge in [0.05, 0.1) is 23.2 Å². The first-order chi connectivity index (χ1) is 8.79. The highest BCUT2D eigenvalue weighted by molar-refractivity contribution is 7.17. The SMILES string of the molecule is O=c1[nH]c(CCl)nc2scc(-c3cnccn3)c12. The van der Waals surface area contributed by atoms with Crippen molar-refractivity contribution in [1.82, 2.24) is 19.9 Å². The Hall–Kier alpha value is -1.79. The number of hydrogen-bond donors (Lipinski definition) is 1. The lowest BCUT2D eigenvalue weighted by Crippen LogP contribution is -2.10. The molecule has 0 amide bonds. The largest absolute Gasteiger partial charge is 0.309 e. The Balaban J connectivity index is 2.30. The number of hydrogen-bond acceptors (Lipinski definition) is 5. The molecule has 7 heteroatoms. The Morgan fingerprint density at radius 3 is 3.00 bits per heavy atom. The van der Waals surface area contributed by atoms with Gasteiger partial charge in [0.15, 0.2) is 0 Å². The van der Waals surface area contributed by atoms with E-state index in [2.05, 4.69) is 19.9 Å². The van der Waals surface area contributed by atoms with Crippen LogP contribution < -0.4 is 5.56 Å². The average molecular weight is 279 g/mol. The van der Waals surface area contributed by atoms with Gasteiger partial charge in [-0.3, -0.25) is 14.8 Å². The molecule has 0 aliphatic heterocycles. The summed E-state index contributed by atoms with van der Waals surface area (Å²) in [5.74, 6) is 0.658. The molecule has 1 N–H and O–H groups in total. The lowest BCUT2D eigenvalue weighted by molar-refractivity contribution is 1.04. The van der Waals surface area contributed by atoms with Gasteiger partial charge in [-0.15, -0.1) is 22.9 Å². The minimum absolute atomic E-state index is 0.184. The van der Waals surface area contributed by atoms with Crippen LogP contribution in [0.2, 0.25) is 0 Å². The van der Waals surface area contributed by atoms with Crippen molar-refractivity contribution < 1.29 is 0 Å². The quantitative estimate of drug-likeness (QED) is 0.729. The van der Waals surface area contributed by atoms with Crippen molar-refractivity contribution in [3.05, 3.63) is 40.1 Å². The number of H-pyrrole nitrogens is 1. The molecule has 3 aromatic heterocycles. The van der Waals surface area contributed by atoms with Crippen LogP contribution in [0.3, 0.4) is 0 Å². The molecule has 0 spiro atoms. The smallest absolute Gasteiger partial charge is 0.260 e. The van der Waals surface area contributed by atoms with Crippen LogP contribution in [0, 0.1) is 0 Å². The second-order valence-electron chi connectivity index (χ2n) is 3.57. The third-order valence-electron chi connectivity index (χ3n) is 2.46. The molecular weight excluding hydrogens is 272 g/mol. The molecule has 18 heavy (non-hydrogen) atoms. The van der Waals surface area contributed by atoms with Crippen LogP contribution in [0.4, 0.5) is 0 Å². The van der Waals surface area contributed by atoms with E-state index in [9.17, 15) is 4.79 Å². The minimum Gasteiger partial charge on any atom is -0.309 e. The van der Waals surface area contributed by atoms with Gasteiger partial charge in [0.1, 0.15) is 10.7 Å². The summed E-state index contributed by atoms with van der Waals surface area (Å²) in [6.45, 7) is 0. The van der Waals surface area contributed by atoms with Crippen molar-refractivity contribution in [3.63, 3.8) is 0 Å². The van der Waals surface area contributed by atoms with E-state index in [1.165, 1.54) is 11.3 Å². The second-order valence-corrected chi connectivity index (χ2v) is 4.69. The summed E-state index contributed by atoms with van der Waals surface area (Å²) in [6.07, 6.45) is 4.80. The maximum absolute atomic E-state index is 12.0. The van der Waals surface area contributed by atoms with Gasteiger partial charge in [-0.05, 0) is 0 Å². The van der Waals surface area contributed by atoms with Gasteiger partial charge in [-0.1, -0.05) is 0 Å². The first-order valence-corrected chi connectivity index (χ1v) is 6.54. The van der Waals surface area contributed by atoms with Gasteiger partial charge in [0, 0.05) is 23.3 Å². The van der Waals surface area contributed by atoms with E-state index < -0.39 is 0 Å². The van der Waals surface area contributed by atoms with Crippen LogP contribution in [0.15, 0.2) is 28.8 Å². The fraction of sp³-hybridized carbons (Fsp3) is 0.0909. The molecule has 3 rings (SSSR count). The van der Waals surface area contributed by atoms with Gasteiger partial charge < -0.3 is 4.98 Å². The molecule has 0 radical (unpaired) electrons. The average Bonchev–Trinajstić information content (AvgIpc) is 2.84. The van der Waals surface area contributed by atoms with Crippen molar-refractivity contribution in [3.8, 4) is 11.3 Å². The summed E-state index contributed by atoms with van der Waals surface area (Å²) in [7, 11) is 0. The Morgan fingerprint density at radius 2 is 2.28 bits per heavy atom. The Kier molecular flexibility index (Phi) is 2.81. The molecule has 0 saturated carbocycles. The number of aromatic amines is 1. The number of rotatable bonds is 2. The molecule has 0 unspecified atom stereocenters. The molecule has 3 aromatic rings. The molecule has 3 heterocycles. The first kappa shape index (κ1) is 11.3. The van der Waals surface area contributed by atoms with Crippen LogP contribution in [0.5, 0.6) is 0 Å². The minimum atomic E-state index is -0.197. The molecule has 0 saturated heterocycles. The van der Waals surface area contributed by atoms with Crippen molar-refractivity contribution in [2.75, 3.05) is 0 Å². The third-order valence-corrected chi connectivity index (χ3v) is 3.58. The number of fused-ring (bicyclic) bond motifs is 1. The van der Waals surface area contributed by atoms with E-state index in [0.29, 0.717) is 21.7 Å². The monoisotopic (exact) mass is 278 g/mol. The van der Waals surface area contributed by atoms with Crippen LogP contribution in [-0.4, -0.2) is 19.9 Å². The summed E-state index contributed by atoms with van der Waals surface area (Å²) in [6, 6.07) is 0. The van der Waals surface area contributed by atoms with Crippen LogP contribution in [0.1, 0.15) is 5.82 Å². The predicted molar refractivity (Wildman–Crippen MR) is 70.8 cm³/mol. The number of halogens is 1. The van der Waals surface area contributed by atoms with E-state index in [4.69, 9.17) is 11.6 Å². The summed E-state index contributed by atoms with van der Waals surface area (Å²) in [5.41, 5.74) is 1.21. The topological polar surface area (TPSA) is 71.5 Å². The number of aromatic nitrogens is 4. The van der Waals surface area contributed by atoms with E-state index in [0.717, 1.165) is 5.56 Å². The van der Waals surface area contributed by atoms with Gasteiger partial charge in [-0.2, -0.15) is 0 Å². The number of nitrogens with one attached hydrogen (secondary N) is 1. The zero-order chi connectivity index (χ0) is 12.5. The number of nitrogens with zero attached hydrogens (tertiary/aromatic N) is 3. The van der Waals surface area contributed by atoms with E-state index in [1.807, 2.05) is 5.38 Å². The Labute approximate surface area is 111 Å². The van der Waals surface area contributed by atoms with E-state index in [-0.39, 0.29) is 11.4 Å². The molecule has 0 aliphatic carbocycles. The standard InChI is InChI=1S/C11H7ClN4OS/c12-3-8-15-10(17)9-6(5-18-11(9)16-8)7-4-13-1-2-14-7/h1-2,4-5H,3H2,(H,15,16,17). The zero-order valence-corrected chi connectivity index (χ0v) is 10.6. The van der Waals surface area contributed by atoms with Gasteiger partial charge >= 0.3 is 0 Å². The van der Waals surface area contributed by atoms with Crippen LogP contribution in [0.25, 0.3) is 21.5 Å². The van der Waals surface area contributed by atoms with Gasteiger partial charge in [0.2, 0.25) is 0 Å². The summed E-state index contributed by atoms with van der Waals surface area (Å²) in [5, 5.41) is 2.39. The van der Waals surface area contributed by atoms with E-state index >= 15 is 0 Å². The van der Waals surface area contributed by atoms with Crippen LogP contribution in [-0.2, 0) is 5.88 Å². The summed E-state index contributed by atoms with van der Waals surface area (Å²) >= 11 is 7.07. The fourth-order valence-electron chi connectivity index (χ4n) is 1.68. The lowest BCUT2D eigenvalue weighted by atomic mass is 10.2. The maximum atomic E-state index is 12.0. The maximum Gasteiger partial charge on any atom is 0.260 e. The molecule has 5 nitrogen and oxygen atoms in total. The molecule has 90 valence electrons. The van der Waals surface area contributed by atoms with Gasteiger partial charge in [-0.25, -0.2) is 4.98 Å². The van der Waals surface area contributed by atoms with Crippen LogP contribution >= 0.6 is 22.9 Å². The molecular formula is C11H7ClN4OS. The summed E-state index contributed by atoms with van der Waals surface area (Å²) in [4.78, 5) is 27.8. The lowest BCUT2D eigenvalue weighted by Gasteiger charge is -1.98. The first-order valence-electron chi connectivity index (χ1n) is 5.12. The van der Waals surface area contributed by atoms with Gasteiger partial charge in [0.25, 0.3) is 5.56 Å². The molecule has 0 bridgehead atoms. The summed E-state index contributed by atoms with van der Waals surface area (Å²) < 4.78 is 0. The number of thiophene rings is 1. The highest BCUT2D eigenvalue weighted by atomic mass is 35.5. The highest BCUT2D eigenvalue weighted by Gasteiger charge is 2.13. The number of alkyl halides is 1. The fourth-order valence-corrected chi connectivity index (χ4v) is 2.76. The molecule has 0 aliphatic rings. The van der Waals surface area contributed by atoms with Crippen molar-refractivity contribution in [2.45, 2.75) is 5.88 Å². The molecule has 0 aromatic carbocycles. The molecule has 0 fully saturated rings. The Bertz CT molecular complexity index is 753. The third kappa shape index (κ3) is 1.79. The highest BCUT2D eigenvalue weighted by Crippen LogP contribution is 2.28. The second kappa shape index (κ2) is 4.47. The van der Waals surface area contributed by atoms with Crippen molar-refractivity contribution in [1.29, 1.82) is 0 Å². The van der Waals surface area contributed by atoms with Crippen molar-refractivity contribution in [2.24, 2.45) is 0 Å². The molecule has 0 atom stereocenters. The van der Waals surface area contributed by atoms with E-state index in [1.54, 1.807) is 18.6 Å². The normalized spacial score (nSPS) is 10.9. The predicted octanol–water partition coefficient (Wildman–Crippen LogP) is 2.18. The van der Waals surface area contributed by atoms with Crippen molar-refractivity contribution >= 4 is 33.2 Å². The Morgan fingerprint density at radius 1 is 1.39 bits per heavy atom. The zero-order valence-electron chi connectivity index (χ0n) is 9.05.